The third-order valence-corrected chi connectivity index (χ3v) is 3.97. The van der Waals surface area contributed by atoms with Crippen molar-refractivity contribution >= 4 is 17.0 Å². The number of nitrogens with zero attached hydrogens (tertiary/aromatic N) is 2. The van der Waals surface area contributed by atoms with Crippen LogP contribution in [0.3, 0.4) is 0 Å². The number of hydrogen-bond acceptors (Lipinski definition) is 5. The first-order valence-electron chi connectivity index (χ1n) is 5.93. The van der Waals surface area contributed by atoms with Crippen molar-refractivity contribution in [2.24, 2.45) is 0 Å². The van der Waals surface area contributed by atoms with Crippen molar-refractivity contribution in [3.05, 3.63) is 56.0 Å². The van der Waals surface area contributed by atoms with E-state index in [0.717, 1.165) is 15.4 Å². The Bertz CT molecular complexity index is 583. The molecule has 19 heavy (non-hydrogen) atoms. The lowest BCUT2D eigenvalue weighted by Gasteiger charge is -2.14. The Hall–Kier alpha value is -1.79. The van der Waals surface area contributed by atoms with Gasteiger partial charge in [0, 0.05) is 28.7 Å². The van der Waals surface area contributed by atoms with Crippen LogP contribution in [-0.4, -0.2) is 17.0 Å². The van der Waals surface area contributed by atoms with Crippen molar-refractivity contribution in [2.75, 3.05) is 7.05 Å². The smallest absolute Gasteiger partial charge is 0.272 e. The largest absolute Gasteiger partial charge is 0.312 e. The number of para-hydroxylation sites is 1. The van der Waals surface area contributed by atoms with E-state index in [-0.39, 0.29) is 16.7 Å². The zero-order valence-electron chi connectivity index (χ0n) is 10.8. The van der Waals surface area contributed by atoms with Crippen LogP contribution in [0.5, 0.6) is 0 Å². The molecule has 100 valence electrons. The van der Waals surface area contributed by atoms with Crippen molar-refractivity contribution in [1.82, 2.24) is 10.3 Å². The number of aromatic nitrogens is 1. The number of likely N-dealkylation sites (N-methyl/N-ethyl adjacent to an activating group) is 1. The third-order valence-electron chi connectivity index (χ3n) is 2.94. The van der Waals surface area contributed by atoms with Gasteiger partial charge in [-0.3, -0.25) is 10.1 Å². The predicted molar refractivity (Wildman–Crippen MR) is 75.5 cm³/mol. The molecule has 0 aliphatic carbocycles. The van der Waals surface area contributed by atoms with E-state index in [9.17, 15) is 10.1 Å². The first-order chi connectivity index (χ1) is 9.11. The minimum atomic E-state index is -0.333. The molecule has 2 aromatic rings. The summed E-state index contributed by atoms with van der Waals surface area (Å²) < 4.78 is 0. The molecule has 1 aromatic heterocycles. The van der Waals surface area contributed by atoms with Gasteiger partial charge in [0.15, 0.2) is 0 Å². The van der Waals surface area contributed by atoms with Crippen molar-refractivity contribution in [3.8, 4) is 0 Å². The fraction of sp³-hybridized carbons (Fsp3) is 0.308. The first-order valence-corrected chi connectivity index (χ1v) is 6.75. The van der Waals surface area contributed by atoms with Crippen LogP contribution in [0.4, 0.5) is 5.69 Å². The summed E-state index contributed by atoms with van der Waals surface area (Å²) in [4.78, 5) is 16.0. The van der Waals surface area contributed by atoms with Gasteiger partial charge in [-0.15, -0.1) is 11.3 Å². The summed E-state index contributed by atoms with van der Waals surface area (Å²) in [6.45, 7) is 1.95. The molecule has 0 aliphatic rings. The second-order valence-electron chi connectivity index (χ2n) is 4.21. The van der Waals surface area contributed by atoms with E-state index in [1.54, 1.807) is 29.5 Å². The van der Waals surface area contributed by atoms with E-state index in [1.807, 2.05) is 26.2 Å². The van der Waals surface area contributed by atoms with Crippen LogP contribution in [0.25, 0.3) is 0 Å². The van der Waals surface area contributed by atoms with E-state index in [0.29, 0.717) is 6.42 Å². The SMILES string of the molecule is CNC(Cc1ccccc1[N+](=O)[O-])c1cnc(C)s1. The van der Waals surface area contributed by atoms with Crippen LogP contribution < -0.4 is 5.32 Å². The lowest BCUT2D eigenvalue weighted by Crippen LogP contribution is -2.18. The maximum atomic E-state index is 11.0. The average molecular weight is 277 g/mol. The number of aryl methyl sites for hydroxylation is 1. The Kier molecular flexibility index (Phi) is 4.24. The highest BCUT2D eigenvalue weighted by Crippen LogP contribution is 2.27. The number of rotatable bonds is 5. The van der Waals surface area contributed by atoms with Crippen LogP contribution in [0, 0.1) is 17.0 Å². The van der Waals surface area contributed by atoms with Crippen molar-refractivity contribution in [3.63, 3.8) is 0 Å². The molecule has 5 nitrogen and oxygen atoms in total. The van der Waals surface area contributed by atoms with Gasteiger partial charge in [-0.2, -0.15) is 0 Å². The summed E-state index contributed by atoms with van der Waals surface area (Å²) >= 11 is 1.61. The van der Waals surface area contributed by atoms with Gasteiger partial charge >= 0.3 is 0 Å². The molecule has 6 heteroatoms. The number of hydrogen-bond donors (Lipinski definition) is 1. The van der Waals surface area contributed by atoms with Crippen LogP contribution >= 0.6 is 11.3 Å². The van der Waals surface area contributed by atoms with Crippen LogP contribution in [0.1, 0.15) is 21.5 Å². The van der Waals surface area contributed by atoms with E-state index in [2.05, 4.69) is 10.3 Å². The Labute approximate surface area is 115 Å². The zero-order chi connectivity index (χ0) is 13.8. The second kappa shape index (κ2) is 5.90. The first kappa shape index (κ1) is 13.6. The molecule has 0 radical (unpaired) electrons. The topological polar surface area (TPSA) is 68.1 Å². The van der Waals surface area contributed by atoms with Crippen molar-refractivity contribution in [2.45, 2.75) is 19.4 Å². The fourth-order valence-corrected chi connectivity index (χ4v) is 2.86. The summed E-state index contributed by atoms with van der Waals surface area (Å²) in [7, 11) is 1.86. The fourth-order valence-electron chi connectivity index (χ4n) is 1.97. The molecule has 1 atom stereocenters. The van der Waals surface area contributed by atoms with E-state index in [1.165, 1.54) is 0 Å². The highest BCUT2D eigenvalue weighted by atomic mass is 32.1. The van der Waals surface area contributed by atoms with Gasteiger partial charge in [0.2, 0.25) is 0 Å². The molecular formula is C13H15N3O2S. The van der Waals surface area contributed by atoms with Crippen molar-refractivity contribution < 1.29 is 4.92 Å². The van der Waals surface area contributed by atoms with Crippen LogP contribution in [0.15, 0.2) is 30.5 Å². The molecule has 0 aliphatic heterocycles. The molecule has 0 bridgehead atoms. The Balaban J connectivity index is 2.26. The monoisotopic (exact) mass is 277 g/mol. The molecule has 1 N–H and O–H groups in total. The van der Waals surface area contributed by atoms with Gasteiger partial charge in [-0.05, 0) is 20.4 Å². The molecule has 1 aromatic carbocycles. The lowest BCUT2D eigenvalue weighted by molar-refractivity contribution is -0.385. The van der Waals surface area contributed by atoms with Gasteiger partial charge in [0.25, 0.3) is 5.69 Å². The average Bonchev–Trinajstić information content (AvgIpc) is 2.82. The van der Waals surface area contributed by atoms with E-state index < -0.39 is 0 Å². The third kappa shape index (κ3) is 3.15. The number of nitro groups is 1. The Morgan fingerprint density at radius 1 is 1.47 bits per heavy atom. The maximum Gasteiger partial charge on any atom is 0.272 e. The minimum absolute atomic E-state index is 0.0484. The summed E-state index contributed by atoms with van der Waals surface area (Å²) in [5, 5.41) is 15.2. The van der Waals surface area contributed by atoms with Gasteiger partial charge in [0.05, 0.1) is 9.93 Å². The zero-order valence-corrected chi connectivity index (χ0v) is 11.6. The maximum absolute atomic E-state index is 11.0. The quantitative estimate of drug-likeness (QED) is 0.674. The van der Waals surface area contributed by atoms with Crippen LogP contribution in [-0.2, 0) is 6.42 Å². The highest BCUT2D eigenvalue weighted by molar-refractivity contribution is 7.11. The number of nitro benzene ring substituents is 1. The van der Waals surface area contributed by atoms with Gasteiger partial charge in [0.1, 0.15) is 0 Å². The van der Waals surface area contributed by atoms with Gasteiger partial charge in [-0.1, -0.05) is 18.2 Å². The van der Waals surface area contributed by atoms with Crippen LogP contribution in [0.2, 0.25) is 0 Å². The molecule has 0 fully saturated rings. The van der Waals surface area contributed by atoms with Crippen molar-refractivity contribution in [1.29, 1.82) is 0 Å². The summed E-state index contributed by atoms with van der Waals surface area (Å²) in [6.07, 6.45) is 2.41. The number of benzene rings is 1. The highest BCUT2D eigenvalue weighted by Gasteiger charge is 2.19. The Morgan fingerprint density at radius 3 is 2.79 bits per heavy atom. The normalized spacial score (nSPS) is 12.3. The van der Waals surface area contributed by atoms with E-state index >= 15 is 0 Å². The predicted octanol–water partition coefficient (Wildman–Crippen LogP) is 2.86. The summed E-state index contributed by atoms with van der Waals surface area (Å²) in [5.41, 5.74) is 0.905. The standard InChI is InChI=1S/C13H15N3O2S/c1-9-15-8-13(19-9)11(14-2)7-10-5-3-4-6-12(10)16(17)18/h3-6,8,11,14H,7H2,1-2H3. The lowest BCUT2D eigenvalue weighted by atomic mass is 10.0. The summed E-state index contributed by atoms with van der Waals surface area (Å²) in [5.74, 6) is 0. The number of thiazole rings is 1. The molecule has 0 spiro atoms. The molecule has 1 heterocycles. The Morgan fingerprint density at radius 2 is 2.21 bits per heavy atom. The second-order valence-corrected chi connectivity index (χ2v) is 5.48. The minimum Gasteiger partial charge on any atom is -0.312 e. The molecular weight excluding hydrogens is 262 g/mol. The van der Waals surface area contributed by atoms with Gasteiger partial charge in [-0.25, -0.2) is 4.98 Å². The molecule has 0 saturated carbocycles. The van der Waals surface area contributed by atoms with Gasteiger partial charge < -0.3 is 5.32 Å². The molecule has 0 saturated heterocycles. The molecule has 1 unspecified atom stereocenters. The molecule has 2 rings (SSSR count). The summed E-state index contributed by atoms with van der Waals surface area (Å²) in [6, 6.07) is 6.91. The molecule has 0 amide bonds. The number of nitrogens with one attached hydrogen (secondary N) is 1. The van der Waals surface area contributed by atoms with E-state index in [4.69, 9.17) is 0 Å².